The van der Waals surface area contributed by atoms with Gasteiger partial charge in [-0.2, -0.15) is 0 Å². The third-order valence-corrected chi connectivity index (χ3v) is 5.05. The number of nitrogens with one attached hydrogen (secondary N) is 3. The van der Waals surface area contributed by atoms with Gasteiger partial charge in [0.05, 0.1) is 11.3 Å². The number of benzene rings is 2. The van der Waals surface area contributed by atoms with Crippen molar-refractivity contribution in [3.05, 3.63) is 70.4 Å². The predicted molar refractivity (Wildman–Crippen MR) is 110 cm³/mol. The number of fused-ring (bicyclic) bond motifs is 1. The highest BCUT2D eigenvalue weighted by Crippen LogP contribution is 2.18. The summed E-state index contributed by atoms with van der Waals surface area (Å²) in [6.45, 7) is 0.397. The molecule has 144 valence electrons. The predicted octanol–water partition coefficient (Wildman–Crippen LogP) is 2.80. The van der Waals surface area contributed by atoms with Crippen molar-refractivity contribution in [1.82, 2.24) is 16.2 Å². The molecule has 0 spiro atoms. The fraction of sp³-hybridized carbons (Fsp3) is 0.190. The number of carbonyl (C=O) groups is 3. The zero-order chi connectivity index (χ0) is 19.8. The van der Waals surface area contributed by atoms with Gasteiger partial charge in [0.25, 0.3) is 5.91 Å². The molecule has 0 unspecified atom stereocenters. The topological polar surface area (TPSA) is 87.3 Å². The molecule has 0 aliphatic rings. The molecule has 0 aliphatic heterocycles. The molecule has 3 amide bonds. The summed E-state index contributed by atoms with van der Waals surface area (Å²) in [5.74, 6) is -0.717. The van der Waals surface area contributed by atoms with Gasteiger partial charge in [-0.25, -0.2) is 0 Å². The highest BCUT2D eigenvalue weighted by molar-refractivity contribution is 7.12. The van der Waals surface area contributed by atoms with Crippen LogP contribution in [0.25, 0.3) is 10.8 Å². The van der Waals surface area contributed by atoms with Crippen LogP contribution in [-0.4, -0.2) is 24.3 Å². The van der Waals surface area contributed by atoms with Crippen molar-refractivity contribution in [2.75, 3.05) is 6.54 Å². The van der Waals surface area contributed by atoms with Gasteiger partial charge in [0.2, 0.25) is 11.8 Å². The van der Waals surface area contributed by atoms with Gasteiger partial charge in [0.15, 0.2) is 0 Å². The van der Waals surface area contributed by atoms with E-state index < -0.39 is 0 Å². The van der Waals surface area contributed by atoms with E-state index in [1.165, 1.54) is 11.3 Å². The molecule has 0 saturated heterocycles. The summed E-state index contributed by atoms with van der Waals surface area (Å²) in [5.41, 5.74) is 5.76. The van der Waals surface area contributed by atoms with Gasteiger partial charge in [-0.1, -0.05) is 48.5 Å². The lowest BCUT2D eigenvalue weighted by atomic mass is 10.0. The second-order valence-electron chi connectivity index (χ2n) is 6.25. The van der Waals surface area contributed by atoms with Crippen LogP contribution in [0.1, 0.15) is 28.1 Å². The fourth-order valence-electron chi connectivity index (χ4n) is 2.81. The molecule has 1 heterocycles. The molecule has 3 aromatic rings. The first-order valence-electron chi connectivity index (χ1n) is 8.99. The van der Waals surface area contributed by atoms with Crippen molar-refractivity contribution >= 4 is 39.8 Å². The van der Waals surface area contributed by atoms with Crippen LogP contribution in [0.3, 0.4) is 0 Å². The third-order valence-electron chi connectivity index (χ3n) is 4.18. The van der Waals surface area contributed by atoms with Gasteiger partial charge in [-0.3, -0.25) is 25.2 Å². The second-order valence-corrected chi connectivity index (χ2v) is 7.20. The van der Waals surface area contributed by atoms with Crippen molar-refractivity contribution in [2.45, 2.75) is 19.3 Å². The SMILES string of the molecule is O=C(CCCNC(=O)c1cccs1)NNC(=O)Cc1cccc2ccccc12. The molecule has 0 fully saturated rings. The van der Waals surface area contributed by atoms with Gasteiger partial charge >= 0.3 is 0 Å². The number of hydrogen-bond acceptors (Lipinski definition) is 4. The summed E-state index contributed by atoms with van der Waals surface area (Å²) in [4.78, 5) is 36.4. The standard InChI is InChI=1S/C21H21N3O3S/c25-19(11-4-12-22-21(27)18-10-5-13-28-18)23-24-20(26)14-16-8-3-7-15-6-1-2-9-17(15)16/h1-3,5-10,13H,4,11-12,14H2,(H,22,27)(H,23,25)(H,24,26). The van der Waals surface area contributed by atoms with Crippen LogP contribution in [0.2, 0.25) is 0 Å². The van der Waals surface area contributed by atoms with Gasteiger partial charge < -0.3 is 5.32 Å². The number of hydrogen-bond donors (Lipinski definition) is 3. The van der Waals surface area contributed by atoms with Crippen LogP contribution in [0.15, 0.2) is 60.0 Å². The van der Waals surface area contributed by atoms with Crippen LogP contribution < -0.4 is 16.2 Å². The Hall–Kier alpha value is -3.19. The summed E-state index contributed by atoms with van der Waals surface area (Å²) in [6, 6.07) is 17.2. The van der Waals surface area contributed by atoms with Crippen LogP contribution in [0.5, 0.6) is 0 Å². The van der Waals surface area contributed by atoms with Gasteiger partial charge in [0, 0.05) is 13.0 Å². The fourth-order valence-corrected chi connectivity index (χ4v) is 3.45. The first kappa shape index (κ1) is 19.6. The number of hydrazine groups is 1. The van der Waals surface area contributed by atoms with Crippen molar-refractivity contribution in [3.8, 4) is 0 Å². The maximum absolute atomic E-state index is 12.1. The van der Waals surface area contributed by atoms with Gasteiger partial charge in [0.1, 0.15) is 0 Å². The lowest BCUT2D eigenvalue weighted by Crippen LogP contribution is -2.42. The van der Waals surface area contributed by atoms with Crippen LogP contribution in [0, 0.1) is 0 Å². The molecule has 3 rings (SSSR count). The Morgan fingerprint density at radius 1 is 0.857 bits per heavy atom. The van der Waals surface area contributed by atoms with Crippen LogP contribution >= 0.6 is 11.3 Å². The Morgan fingerprint density at radius 3 is 2.46 bits per heavy atom. The number of thiophene rings is 1. The maximum Gasteiger partial charge on any atom is 0.261 e. The van der Waals surface area contributed by atoms with Gasteiger partial charge in [-0.15, -0.1) is 11.3 Å². The molecule has 0 aliphatic carbocycles. The Kier molecular flexibility index (Phi) is 6.75. The Labute approximate surface area is 166 Å². The van der Waals surface area contributed by atoms with E-state index in [1.54, 1.807) is 6.07 Å². The van der Waals surface area contributed by atoms with E-state index in [9.17, 15) is 14.4 Å². The number of carbonyl (C=O) groups excluding carboxylic acids is 3. The monoisotopic (exact) mass is 395 g/mol. The minimum absolute atomic E-state index is 0.140. The largest absolute Gasteiger partial charge is 0.351 e. The van der Waals surface area contributed by atoms with Crippen molar-refractivity contribution in [1.29, 1.82) is 0 Å². The highest BCUT2D eigenvalue weighted by Gasteiger charge is 2.09. The van der Waals surface area contributed by atoms with Crippen LogP contribution in [-0.2, 0) is 16.0 Å². The summed E-state index contributed by atoms with van der Waals surface area (Å²) >= 11 is 1.37. The van der Waals surface area contributed by atoms with E-state index in [0.29, 0.717) is 17.8 Å². The molecule has 1 aromatic heterocycles. The van der Waals surface area contributed by atoms with E-state index in [2.05, 4.69) is 16.2 Å². The zero-order valence-corrected chi connectivity index (χ0v) is 16.1. The number of amides is 3. The summed E-state index contributed by atoms with van der Waals surface area (Å²) in [5, 5.41) is 6.69. The molecular formula is C21H21N3O3S. The number of rotatable bonds is 7. The zero-order valence-electron chi connectivity index (χ0n) is 15.2. The van der Waals surface area contributed by atoms with E-state index in [-0.39, 0.29) is 30.6 Å². The smallest absolute Gasteiger partial charge is 0.261 e. The quantitative estimate of drug-likeness (QED) is 0.425. The molecular weight excluding hydrogens is 374 g/mol. The highest BCUT2D eigenvalue weighted by atomic mass is 32.1. The van der Waals surface area contributed by atoms with Crippen LogP contribution in [0.4, 0.5) is 0 Å². The minimum atomic E-state index is -0.295. The lowest BCUT2D eigenvalue weighted by molar-refractivity contribution is -0.128. The lowest BCUT2D eigenvalue weighted by Gasteiger charge is -2.09. The normalized spacial score (nSPS) is 10.4. The summed E-state index contributed by atoms with van der Waals surface area (Å²) in [6.07, 6.45) is 0.875. The van der Waals surface area contributed by atoms with E-state index >= 15 is 0 Å². The first-order chi connectivity index (χ1) is 13.6. The van der Waals surface area contributed by atoms with Gasteiger partial charge in [-0.05, 0) is 34.2 Å². The second kappa shape index (κ2) is 9.66. The molecule has 0 saturated carbocycles. The summed E-state index contributed by atoms with van der Waals surface area (Å²) in [7, 11) is 0. The van der Waals surface area contributed by atoms with Crippen molar-refractivity contribution in [3.63, 3.8) is 0 Å². The molecule has 6 nitrogen and oxygen atoms in total. The van der Waals surface area contributed by atoms with Crippen molar-refractivity contribution < 1.29 is 14.4 Å². The maximum atomic E-state index is 12.1. The van der Waals surface area contributed by atoms with E-state index in [0.717, 1.165) is 16.3 Å². The average Bonchev–Trinajstić information content (AvgIpc) is 3.25. The van der Waals surface area contributed by atoms with Crippen molar-refractivity contribution in [2.24, 2.45) is 0 Å². The Balaban J connectivity index is 1.37. The Morgan fingerprint density at radius 2 is 1.64 bits per heavy atom. The minimum Gasteiger partial charge on any atom is -0.351 e. The molecule has 0 radical (unpaired) electrons. The van der Waals surface area contributed by atoms with E-state index in [4.69, 9.17) is 0 Å². The average molecular weight is 395 g/mol. The summed E-state index contributed by atoms with van der Waals surface area (Å²) < 4.78 is 0. The third kappa shape index (κ3) is 5.40. The molecule has 3 N–H and O–H groups in total. The van der Waals surface area contributed by atoms with E-state index in [1.807, 2.05) is 53.9 Å². The molecule has 2 aromatic carbocycles. The molecule has 7 heteroatoms. The Bertz CT molecular complexity index is 965. The molecule has 0 bridgehead atoms. The molecule has 0 atom stereocenters. The first-order valence-corrected chi connectivity index (χ1v) is 9.87. The molecule has 28 heavy (non-hydrogen) atoms.